The van der Waals surface area contributed by atoms with Gasteiger partial charge in [-0.3, -0.25) is 9.48 Å². The second kappa shape index (κ2) is 6.43. The highest BCUT2D eigenvalue weighted by Gasteiger charge is 2.21. The van der Waals surface area contributed by atoms with Crippen molar-refractivity contribution in [2.45, 2.75) is 27.3 Å². The number of anilines is 1. The second-order valence-corrected chi connectivity index (χ2v) is 5.86. The summed E-state index contributed by atoms with van der Waals surface area (Å²) in [5.41, 5.74) is 0.285. The normalized spacial score (nSPS) is 11.2. The van der Waals surface area contributed by atoms with E-state index in [1.165, 1.54) is 0 Å². The van der Waals surface area contributed by atoms with Crippen LogP contribution in [0.2, 0.25) is 0 Å². The monoisotopic (exact) mass is 287 g/mol. The third-order valence-corrected chi connectivity index (χ3v) is 2.90. The summed E-state index contributed by atoms with van der Waals surface area (Å²) in [6, 6.07) is 9.65. The number of hydrogen-bond acceptors (Lipinski definition) is 3. The largest absolute Gasteiger partial charge is 0.492 e. The standard InChI is InChI=1S/C16H21N3O2/c1-16(2,3)15(20)18-13-11-17-19(12-13)9-10-21-14-7-5-4-6-8-14/h4-8,11-12H,9-10H2,1-3H3,(H,18,20). The predicted octanol–water partition coefficient (Wildman–Crippen LogP) is 2.95. The SMILES string of the molecule is CC(C)(C)C(=O)Nc1cnn(CCOc2ccccc2)c1. The Kier molecular flexibility index (Phi) is 4.62. The number of carbonyl (C=O) groups excluding carboxylic acids is 1. The molecule has 0 aliphatic heterocycles. The molecule has 2 rings (SSSR count). The van der Waals surface area contributed by atoms with Gasteiger partial charge in [-0.15, -0.1) is 0 Å². The zero-order valence-corrected chi connectivity index (χ0v) is 12.7. The third kappa shape index (κ3) is 4.63. The van der Waals surface area contributed by atoms with Gasteiger partial charge in [0.1, 0.15) is 12.4 Å². The number of carbonyl (C=O) groups is 1. The van der Waals surface area contributed by atoms with Crippen molar-refractivity contribution in [3.63, 3.8) is 0 Å². The van der Waals surface area contributed by atoms with Gasteiger partial charge in [-0.1, -0.05) is 39.0 Å². The fourth-order valence-corrected chi connectivity index (χ4v) is 1.64. The molecule has 0 saturated heterocycles. The predicted molar refractivity (Wildman–Crippen MR) is 82.2 cm³/mol. The average molecular weight is 287 g/mol. The first-order valence-corrected chi connectivity index (χ1v) is 6.97. The topological polar surface area (TPSA) is 56.2 Å². The average Bonchev–Trinajstić information content (AvgIpc) is 2.86. The highest BCUT2D eigenvalue weighted by molar-refractivity contribution is 5.94. The minimum atomic E-state index is -0.418. The Labute approximate surface area is 124 Å². The van der Waals surface area contributed by atoms with Gasteiger partial charge in [0.25, 0.3) is 0 Å². The molecule has 0 spiro atoms. The van der Waals surface area contributed by atoms with E-state index in [1.54, 1.807) is 17.1 Å². The van der Waals surface area contributed by atoms with Crippen LogP contribution in [-0.2, 0) is 11.3 Å². The van der Waals surface area contributed by atoms with Crippen LogP contribution in [0, 0.1) is 5.41 Å². The Morgan fingerprint density at radius 3 is 2.67 bits per heavy atom. The Morgan fingerprint density at radius 2 is 2.00 bits per heavy atom. The summed E-state index contributed by atoms with van der Waals surface area (Å²) in [6.45, 7) is 6.78. The van der Waals surface area contributed by atoms with Crippen molar-refractivity contribution in [1.29, 1.82) is 0 Å². The van der Waals surface area contributed by atoms with Crippen molar-refractivity contribution in [1.82, 2.24) is 9.78 Å². The van der Waals surface area contributed by atoms with Crippen LogP contribution in [-0.4, -0.2) is 22.3 Å². The summed E-state index contributed by atoms with van der Waals surface area (Å²) in [5.74, 6) is 0.813. The van der Waals surface area contributed by atoms with Gasteiger partial charge in [0, 0.05) is 11.6 Å². The van der Waals surface area contributed by atoms with Crippen LogP contribution in [0.4, 0.5) is 5.69 Å². The van der Waals surface area contributed by atoms with Crippen molar-refractivity contribution in [3.8, 4) is 5.75 Å². The molecule has 1 aromatic heterocycles. The van der Waals surface area contributed by atoms with Crippen LogP contribution >= 0.6 is 0 Å². The van der Waals surface area contributed by atoms with E-state index in [4.69, 9.17) is 4.74 Å². The quantitative estimate of drug-likeness (QED) is 0.920. The summed E-state index contributed by atoms with van der Waals surface area (Å²) in [7, 11) is 0. The number of ether oxygens (including phenoxy) is 1. The Bertz CT molecular complexity index is 585. The molecule has 0 aliphatic rings. The Balaban J connectivity index is 1.82. The van der Waals surface area contributed by atoms with Gasteiger partial charge in [-0.2, -0.15) is 5.10 Å². The molecule has 0 unspecified atom stereocenters. The third-order valence-electron chi connectivity index (χ3n) is 2.90. The fourth-order valence-electron chi connectivity index (χ4n) is 1.64. The molecule has 0 radical (unpaired) electrons. The van der Waals surface area contributed by atoms with Crippen molar-refractivity contribution < 1.29 is 9.53 Å². The molecule has 0 saturated carbocycles. The summed E-state index contributed by atoms with van der Waals surface area (Å²) in [6.07, 6.45) is 3.45. The first-order chi connectivity index (χ1) is 9.95. The number of nitrogens with zero attached hydrogens (tertiary/aromatic N) is 2. The maximum Gasteiger partial charge on any atom is 0.229 e. The van der Waals surface area contributed by atoms with Crippen LogP contribution in [0.3, 0.4) is 0 Å². The zero-order chi connectivity index (χ0) is 15.3. The van der Waals surface area contributed by atoms with Crippen molar-refractivity contribution in [2.24, 2.45) is 5.41 Å². The first-order valence-electron chi connectivity index (χ1n) is 6.97. The Hall–Kier alpha value is -2.30. The van der Waals surface area contributed by atoms with E-state index in [1.807, 2.05) is 51.1 Å². The van der Waals surface area contributed by atoms with E-state index in [0.717, 1.165) is 5.75 Å². The van der Waals surface area contributed by atoms with E-state index in [9.17, 15) is 4.79 Å². The second-order valence-electron chi connectivity index (χ2n) is 5.86. The highest BCUT2D eigenvalue weighted by Crippen LogP contribution is 2.16. The molecule has 0 aliphatic carbocycles. The summed E-state index contributed by atoms with van der Waals surface area (Å²) in [5, 5.41) is 7.05. The van der Waals surface area contributed by atoms with E-state index in [2.05, 4.69) is 10.4 Å². The van der Waals surface area contributed by atoms with Crippen molar-refractivity contribution in [2.75, 3.05) is 11.9 Å². The fraction of sp³-hybridized carbons (Fsp3) is 0.375. The maximum atomic E-state index is 11.9. The van der Waals surface area contributed by atoms with E-state index >= 15 is 0 Å². The lowest BCUT2D eigenvalue weighted by Crippen LogP contribution is -2.27. The van der Waals surface area contributed by atoms with Gasteiger partial charge in [-0.05, 0) is 12.1 Å². The van der Waals surface area contributed by atoms with E-state index in [-0.39, 0.29) is 5.91 Å². The molecule has 21 heavy (non-hydrogen) atoms. The van der Waals surface area contributed by atoms with Crippen LogP contribution in [0.25, 0.3) is 0 Å². The lowest BCUT2D eigenvalue weighted by molar-refractivity contribution is -0.123. The lowest BCUT2D eigenvalue weighted by atomic mass is 9.96. The molecule has 0 atom stereocenters. The molecule has 1 aromatic carbocycles. The number of amides is 1. The number of hydrogen-bond donors (Lipinski definition) is 1. The number of nitrogens with one attached hydrogen (secondary N) is 1. The minimum absolute atomic E-state index is 0.0254. The molecule has 2 aromatic rings. The van der Waals surface area contributed by atoms with Gasteiger partial charge < -0.3 is 10.1 Å². The molecule has 1 N–H and O–H groups in total. The molecular weight excluding hydrogens is 266 g/mol. The first kappa shape index (κ1) is 15.1. The van der Waals surface area contributed by atoms with Crippen LogP contribution in [0.15, 0.2) is 42.7 Å². The minimum Gasteiger partial charge on any atom is -0.492 e. The van der Waals surface area contributed by atoms with Crippen LogP contribution in [0.1, 0.15) is 20.8 Å². The van der Waals surface area contributed by atoms with Crippen LogP contribution < -0.4 is 10.1 Å². The molecule has 1 amide bonds. The number of para-hydroxylation sites is 1. The summed E-state index contributed by atoms with van der Waals surface area (Å²) in [4.78, 5) is 11.9. The molecule has 112 valence electrons. The molecular formula is C16H21N3O2. The number of benzene rings is 1. The van der Waals surface area contributed by atoms with E-state index in [0.29, 0.717) is 18.8 Å². The summed E-state index contributed by atoms with van der Waals surface area (Å²) < 4.78 is 7.36. The van der Waals surface area contributed by atoms with Crippen molar-refractivity contribution in [3.05, 3.63) is 42.7 Å². The summed E-state index contributed by atoms with van der Waals surface area (Å²) >= 11 is 0. The number of aromatic nitrogens is 2. The van der Waals surface area contributed by atoms with Crippen molar-refractivity contribution >= 4 is 11.6 Å². The van der Waals surface area contributed by atoms with Gasteiger partial charge in [0.05, 0.1) is 18.4 Å². The molecule has 5 nitrogen and oxygen atoms in total. The Morgan fingerprint density at radius 1 is 1.29 bits per heavy atom. The highest BCUT2D eigenvalue weighted by atomic mass is 16.5. The van der Waals surface area contributed by atoms with Gasteiger partial charge >= 0.3 is 0 Å². The molecule has 1 heterocycles. The number of rotatable bonds is 5. The van der Waals surface area contributed by atoms with Crippen LogP contribution in [0.5, 0.6) is 5.75 Å². The smallest absolute Gasteiger partial charge is 0.229 e. The van der Waals surface area contributed by atoms with Gasteiger partial charge in [-0.25, -0.2) is 0 Å². The molecule has 0 bridgehead atoms. The maximum absolute atomic E-state index is 11.9. The van der Waals surface area contributed by atoms with E-state index < -0.39 is 5.41 Å². The van der Waals surface area contributed by atoms with Gasteiger partial charge in [0.15, 0.2) is 0 Å². The molecule has 5 heteroatoms. The lowest BCUT2D eigenvalue weighted by Gasteiger charge is -2.16. The van der Waals surface area contributed by atoms with Gasteiger partial charge in [0.2, 0.25) is 5.91 Å². The molecule has 0 fully saturated rings. The zero-order valence-electron chi connectivity index (χ0n) is 12.7.